The number of halogens is 3. The van der Waals surface area contributed by atoms with Crippen molar-refractivity contribution >= 4 is 12.0 Å². The molecule has 3 aliphatic rings. The van der Waals surface area contributed by atoms with Gasteiger partial charge in [-0.3, -0.25) is 9.78 Å². The van der Waals surface area contributed by atoms with Gasteiger partial charge in [-0.2, -0.15) is 13.2 Å². The molecule has 1 saturated heterocycles. The van der Waals surface area contributed by atoms with E-state index in [4.69, 9.17) is 4.74 Å². The van der Waals surface area contributed by atoms with Crippen molar-refractivity contribution in [3.63, 3.8) is 0 Å². The molecule has 2 saturated carbocycles. The summed E-state index contributed by atoms with van der Waals surface area (Å²) >= 11 is 0. The third-order valence-electron chi connectivity index (χ3n) is 8.36. The number of esters is 1. The molecule has 1 N–H and O–H groups in total. The van der Waals surface area contributed by atoms with Crippen LogP contribution in [0.3, 0.4) is 0 Å². The normalized spacial score (nSPS) is 32.8. The number of carbonyl (C=O) groups is 1. The van der Waals surface area contributed by atoms with Crippen LogP contribution in [0.15, 0.2) is 48.7 Å². The zero-order chi connectivity index (χ0) is 24.7. The molecular formula is C28H31F3N2O2. The van der Waals surface area contributed by atoms with Gasteiger partial charge in [0.2, 0.25) is 0 Å². The van der Waals surface area contributed by atoms with Crippen LogP contribution in [0.5, 0.6) is 0 Å². The molecule has 5 rings (SSSR count). The summed E-state index contributed by atoms with van der Waals surface area (Å²) in [6, 6.07) is 9.42. The van der Waals surface area contributed by atoms with Crippen molar-refractivity contribution in [2.24, 2.45) is 29.6 Å². The number of pyridine rings is 1. The minimum absolute atomic E-state index is 0.0484. The fourth-order valence-corrected chi connectivity index (χ4v) is 6.64. The average molecular weight is 485 g/mol. The molecule has 186 valence electrons. The van der Waals surface area contributed by atoms with E-state index in [0.717, 1.165) is 43.5 Å². The Morgan fingerprint density at radius 1 is 1.11 bits per heavy atom. The predicted octanol–water partition coefficient (Wildman–Crippen LogP) is 5.98. The van der Waals surface area contributed by atoms with Crippen LogP contribution in [0.4, 0.5) is 13.2 Å². The monoisotopic (exact) mass is 484 g/mol. The maximum Gasteiger partial charge on any atom is 0.416 e. The fourth-order valence-electron chi connectivity index (χ4n) is 6.64. The first kappa shape index (κ1) is 24.0. The predicted molar refractivity (Wildman–Crippen MR) is 128 cm³/mol. The maximum atomic E-state index is 13.1. The first-order valence-corrected chi connectivity index (χ1v) is 12.4. The maximum absolute atomic E-state index is 13.1. The highest BCUT2D eigenvalue weighted by Gasteiger charge is 2.54. The highest BCUT2D eigenvalue weighted by atomic mass is 19.4. The van der Waals surface area contributed by atoms with Gasteiger partial charge in [0.25, 0.3) is 0 Å². The van der Waals surface area contributed by atoms with E-state index in [1.165, 1.54) is 6.07 Å². The molecule has 0 bridgehead atoms. The van der Waals surface area contributed by atoms with Crippen LogP contribution >= 0.6 is 0 Å². The Kier molecular flexibility index (Phi) is 6.47. The van der Waals surface area contributed by atoms with Gasteiger partial charge in [0.15, 0.2) is 0 Å². The van der Waals surface area contributed by atoms with Crippen LogP contribution < -0.4 is 5.32 Å². The van der Waals surface area contributed by atoms with E-state index in [1.54, 1.807) is 18.3 Å². The van der Waals surface area contributed by atoms with Gasteiger partial charge >= 0.3 is 12.1 Å². The molecule has 2 aliphatic carbocycles. The van der Waals surface area contributed by atoms with Gasteiger partial charge in [0, 0.05) is 23.7 Å². The third-order valence-corrected chi connectivity index (χ3v) is 8.36. The molecule has 7 heteroatoms. The summed E-state index contributed by atoms with van der Waals surface area (Å²) in [5, 5.41) is 3.41. The molecular weight excluding hydrogens is 453 g/mol. The van der Waals surface area contributed by atoms with Gasteiger partial charge in [-0.1, -0.05) is 24.3 Å². The number of hydrogen-bond donors (Lipinski definition) is 1. The van der Waals surface area contributed by atoms with Gasteiger partial charge in [0.1, 0.15) is 6.10 Å². The van der Waals surface area contributed by atoms with Crippen molar-refractivity contribution in [2.45, 2.75) is 50.9 Å². The van der Waals surface area contributed by atoms with Crippen LogP contribution in [0.1, 0.15) is 43.9 Å². The van der Waals surface area contributed by atoms with E-state index in [1.807, 2.05) is 26.1 Å². The standard InChI is InChI=1S/C28H31F3N2O2/c1-16-26-24(23-10-9-22(32-2)13-19(23)14-25(26)27(34)35-16)11-8-21-7-6-18(15-33-21)17-4-3-5-20(12-17)28(29,30)31/h3-8,11-12,15-16,19,22-26,32H,9-10,13-14H2,1-2H3/b11-8+/t16-,19+,22-,23-,24?,25-,26+/m1/s1. The second-order valence-corrected chi connectivity index (χ2v) is 10.3. The number of aromatic nitrogens is 1. The summed E-state index contributed by atoms with van der Waals surface area (Å²) in [7, 11) is 2.01. The van der Waals surface area contributed by atoms with Gasteiger partial charge in [-0.05, 0) is 87.2 Å². The van der Waals surface area contributed by atoms with Crippen LogP contribution in [0.2, 0.25) is 0 Å². The number of allylic oxidation sites excluding steroid dienone is 1. The summed E-state index contributed by atoms with van der Waals surface area (Å²) in [6.07, 6.45) is 5.59. The number of alkyl halides is 3. The molecule has 1 aromatic heterocycles. The lowest BCUT2D eigenvalue weighted by Gasteiger charge is -2.47. The summed E-state index contributed by atoms with van der Waals surface area (Å²) < 4.78 is 44.9. The van der Waals surface area contributed by atoms with Crippen LogP contribution in [0, 0.1) is 29.6 Å². The molecule has 1 aliphatic heterocycles. The Bertz CT molecular complexity index is 1100. The number of ether oxygens (including phenoxy) is 1. The number of fused-ring (bicyclic) bond motifs is 2. The lowest BCUT2D eigenvalue weighted by atomic mass is 9.57. The molecule has 0 amide bonds. The Morgan fingerprint density at radius 2 is 1.94 bits per heavy atom. The van der Waals surface area contributed by atoms with Gasteiger partial charge < -0.3 is 10.1 Å². The van der Waals surface area contributed by atoms with Crippen LogP contribution in [0.25, 0.3) is 17.2 Å². The molecule has 0 radical (unpaired) electrons. The smallest absolute Gasteiger partial charge is 0.416 e. The van der Waals surface area contributed by atoms with Crippen LogP contribution in [-0.2, 0) is 15.7 Å². The van der Waals surface area contributed by atoms with E-state index in [0.29, 0.717) is 29.0 Å². The Morgan fingerprint density at radius 3 is 2.66 bits per heavy atom. The number of cyclic esters (lactones) is 1. The van der Waals surface area contributed by atoms with Crippen molar-refractivity contribution in [1.82, 2.24) is 10.3 Å². The summed E-state index contributed by atoms with van der Waals surface area (Å²) in [6.45, 7) is 2.01. The molecule has 1 unspecified atom stereocenters. The van der Waals surface area contributed by atoms with E-state index in [9.17, 15) is 18.0 Å². The van der Waals surface area contributed by atoms with Crippen molar-refractivity contribution in [3.8, 4) is 11.1 Å². The van der Waals surface area contributed by atoms with E-state index < -0.39 is 11.7 Å². The zero-order valence-corrected chi connectivity index (χ0v) is 20.0. The zero-order valence-electron chi connectivity index (χ0n) is 20.0. The lowest BCUT2D eigenvalue weighted by molar-refractivity contribution is -0.144. The quantitative estimate of drug-likeness (QED) is 0.543. The fraction of sp³-hybridized carbons (Fsp3) is 0.500. The Balaban J connectivity index is 1.37. The van der Waals surface area contributed by atoms with Gasteiger partial charge in [0.05, 0.1) is 17.2 Å². The molecule has 7 atom stereocenters. The Labute approximate surface area is 204 Å². The number of benzene rings is 1. The Hall–Kier alpha value is -2.67. The SMILES string of the molecule is CN[C@@H]1CC[C@H]2C(/C=C/c3ccc(-c4cccc(C(F)(F)F)c4)cn3)[C@@H]3[C@@H](C)OC(=O)[C@@H]3C[C@@H]2C1. The summed E-state index contributed by atoms with van der Waals surface area (Å²) in [5.41, 5.74) is 1.20. The van der Waals surface area contributed by atoms with Crippen molar-refractivity contribution in [2.75, 3.05) is 7.05 Å². The van der Waals surface area contributed by atoms with Gasteiger partial charge in [-0.25, -0.2) is 0 Å². The van der Waals surface area contributed by atoms with E-state index in [-0.39, 0.29) is 29.8 Å². The van der Waals surface area contributed by atoms with Crippen LogP contribution in [-0.4, -0.2) is 30.1 Å². The second-order valence-electron chi connectivity index (χ2n) is 10.3. The second kappa shape index (κ2) is 9.41. The molecule has 3 fully saturated rings. The first-order valence-electron chi connectivity index (χ1n) is 12.4. The number of nitrogens with one attached hydrogen (secondary N) is 1. The number of hydrogen-bond acceptors (Lipinski definition) is 4. The number of carbonyl (C=O) groups excluding carboxylic acids is 1. The minimum atomic E-state index is -4.38. The number of rotatable bonds is 4. The van der Waals surface area contributed by atoms with Crippen molar-refractivity contribution in [1.29, 1.82) is 0 Å². The molecule has 2 heterocycles. The molecule has 4 nitrogen and oxygen atoms in total. The lowest BCUT2D eigenvalue weighted by Crippen LogP contribution is -2.46. The third kappa shape index (κ3) is 4.75. The van der Waals surface area contributed by atoms with Crippen molar-refractivity contribution < 1.29 is 22.7 Å². The highest BCUT2D eigenvalue weighted by molar-refractivity contribution is 5.75. The largest absolute Gasteiger partial charge is 0.462 e. The van der Waals surface area contributed by atoms with Gasteiger partial charge in [-0.15, -0.1) is 0 Å². The summed E-state index contributed by atoms with van der Waals surface area (Å²) in [5.74, 6) is 1.31. The topological polar surface area (TPSA) is 51.2 Å². The molecule has 0 spiro atoms. The highest BCUT2D eigenvalue weighted by Crippen LogP contribution is 2.53. The van der Waals surface area contributed by atoms with Crippen molar-refractivity contribution in [3.05, 3.63) is 59.9 Å². The number of nitrogens with zero attached hydrogens (tertiary/aromatic N) is 1. The van der Waals surface area contributed by atoms with E-state index >= 15 is 0 Å². The molecule has 1 aromatic carbocycles. The minimum Gasteiger partial charge on any atom is -0.462 e. The molecule has 2 aromatic rings. The molecule has 35 heavy (non-hydrogen) atoms. The van der Waals surface area contributed by atoms with E-state index in [2.05, 4.69) is 16.4 Å². The first-order chi connectivity index (χ1) is 16.7. The average Bonchev–Trinajstić information content (AvgIpc) is 3.14. The summed E-state index contributed by atoms with van der Waals surface area (Å²) in [4.78, 5) is 17.1.